The van der Waals surface area contributed by atoms with Crippen LogP contribution >= 0.6 is 15.6 Å². The van der Waals surface area contributed by atoms with Gasteiger partial charge in [0.05, 0.1) is 13.2 Å². The highest BCUT2D eigenvalue weighted by Crippen LogP contribution is 2.61. The fraction of sp³-hybridized carbons (Fsp3) is 0.706. The van der Waals surface area contributed by atoms with Gasteiger partial charge in [0, 0.05) is 19.2 Å². The molecule has 7 unspecified atom stereocenters. The van der Waals surface area contributed by atoms with E-state index < -0.39 is 101 Å². The molecule has 222 valence electrons. The zero-order chi connectivity index (χ0) is 29.3. The molecule has 2 aliphatic rings. The summed E-state index contributed by atoms with van der Waals surface area (Å²) in [5.41, 5.74) is -1.75. The first-order valence-corrected chi connectivity index (χ1v) is 14.0. The number of amides is 1. The van der Waals surface area contributed by atoms with Gasteiger partial charge in [-0.15, -0.1) is 0 Å². The van der Waals surface area contributed by atoms with Crippen LogP contribution in [0, 0.1) is 0 Å². The predicted molar refractivity (Wildman–Crippen MR) is 120 cm³/mol. The Morgan fingerprint density at radius 2 is 1.69 bits per heavy atom. The lowest BCUT2D eigenvalue weighted by atomic mass is 9.97. The molecule has 2 aliphatic heterocycles. The van der Waals surface area contributed by atoms with E-state index in [9.17, 15) is 58.8 Å². The molecule has 0 spiro atoms. The second-order valence-electron chi connectivity index (χ2n) is 8.42. The Balaban J connectivity index is 1.66. The van der Waals surface area contributed by atoms with Crippen molar-refractivity contribution in [2.75, 3.05) is 13.2 Å². The van der Waals surface area contributed by atoms with Crippen molar-refractivity contribution in [1.82, 2.24) is 14.9 Å². The maximum absolute atomic E-state index is 12.4. The average Bonchev–Trinajstić information content (AvgIpc) is 3.10. The fourth-order valence-electron chi connectivity index (χ4n) is 3.76. The maximum atomic E-state index is 12.4. The van der Waals surface area contributed by atoms with Gasteiger partial charge in [0.1, 0.15) is 42.7 Å². The van der Waals surface area contributed by atoms with Crippen LogP contribution in [0.4, 0.5) is 0 Å². The second-order valence-corrected chi connectivity index (χ2v) is 11.4. The largest absolute Gasteiger partial charge is 0.483 e. The molecule has 0 saturated carbocycles. The number of hydrogen-bond acceptors (Lipinski definition) is 15. The third-order valence-corrected chi connectivity index (χ3v) is 8.16. The van der Waals surface area contributed by atoms with Crippen LogP contribution in [-0.4, -0.2) is 113 Å². The molecule has 1 aromatic rings. The number of H-pyrrole nitrogens is 1. The van der Waals surface area contributed by atoms with E-state index in [4.69, 9.17) is 9.47 Å². The highest BCUT2D eigenvalue weighted by Gasteiger charge is 2.50. The predicted octanol–water partition coefficient (Wildman–Crippen LogP) is -4.65. The average molecular weight is 607 g/mol. The number of phosphoric ester groups is 2. The molecule has 3 heterocycles. The standard InChI is InChI=1S/C17H27N3O17P2/c1-6(22)18-10-13(26)11(24)7(4-21)35-16(10)36-39(31,32)37-38(29,30)33-5-8-12(25)14(27)15(34-8)20-3-2-9(23)19-17(20)28/h2-3,7-8,10-16,21,24-27H,4-5H2,1H3,(H,18,22)(H,29,30)(H,31,32)(H,19,23,28)/t7?,8-,10?,11?,12-,13?,14-,15-,16?/m1/s1. The monoisotopic (exact) mass is 607 g/mol. The number of carbonyl (C=O) groups is 1. The maximum Gasteiger partial charge on any atom is 0.483 e. The Bertz CT molecular complexity index is 1240. The molecule has 2 saturated heterocycles. The van der Waals surface area contributed by atoms with E-state index in [1.807, 2.05) is 4.98 Å². The number of aliphatic hydroxyl groups excluding tert-OH is 5. The van der Waals surface area contributed by atoms with Crippen LogP contribution in [0.1, 0.15) is 13.2 Å². The molecule has 0 aliphatic carbocycles. The normalized spacial score (nSPS) is 36.2. The number of aliphatic hydroxyl groups is 5. The highest BCUT2D eigenvalue weighted by atomic mass is 31.3. The lowest BCUT2D eigenvalue weighted by Crippen LogP contribution is -2.64. The summed E-state index contributed by atoms with van der Waals surface area (Å²) < 4.78 is 49.2. The molecule has 3 rings (SSSR count). The SMILES string of the molecule is CC(=O)NC1C(OP(=O)(O)OP(=O)(O)OC[C@H]2O[C@@H](n3ccc(=O)[nH]c3=O)[C@H](O)[C@@H]2O)OC(CO)C(O)C1O. The fourth-order valence-corrected chi connectivity index (χ4v) is 5.92. The smallest absolute Gasteiger partial charge is 0.394 e. The molecule has 22 heteroatoms. The lowest BCUT2D eigenvalue weighted by molar-refractivity contribution is -0.247. The molecule has 2 fully saturated rings. The van der Waals surface area contributed by atoms with Crippen molar-refractivity contribution >= 4 is 21.6 Å². The third kappa shape index (κ3) is 7.66. The Hall–Kier alpha value is -1.87. The zero-order valence-electron chi connectivity index (χ0n) is 19.8. The third-order valence-electron chi connectivity index (χ3n) is 5.56. The Labute approximate surface area is 217 Å². The van der Waals surface area contributed by atoms with Crippen molar-refractivity contribution < 1.29 is 72.1 Å². The molecule has 11 atom stereocenters. The van der Waals surface area contributed by atoms with Gasteiger partial charge in [-0.25, -0.2) is 13.9 Å². The molecule has 39 heavy (non-hydrogen) atoms. The summed E-state index contributed by atoms with van der Waals surface area (Å²) in [5.74, 6) is -0.796. The first kappa shape index (κ1) is 31.7. The van der Waals surface area contributed by atoms with Crippen molar-refractivity contribution in [2.24, 2.45) is 0 Å². The molecule has 0 aromatic carbocycles. The van der Waals surface area contributed by atoms with E-state index in [-0.39, 0.29) is 0 Å². The van der Waals surface area contributed by atoms with Crippen LogP contribution in [0.5, 0.6) is 0 Å². The van der Waals surface area contributed by atoms with E-state index in [2.05, 4.69) is 18.7 Å². The topological polar surface area (TPSA) is 306 Å². The number of nitrogens with zero attached hydrogens (tertiary/aromatic N) is 1. The quantitative estimate of drug-likeness (QED) is 0.113. The number of rotatable bonds is 10. The summed E-state index contributed by atoms with van der Waals surface area (Å²) >= 11 is 0. The first-order chi connectivity index (χ1) is 18.0. The van der Waals surface area contributed by atoms with E-state index in [1.165, 1.54) is 0 Å². The van der Waals surface area contributed by atoms with Gasteiger partial charge in [-0.1, -0.05) is 0 Å². The Morgan fingerprint density at radius 3 is 2.28 bits per heavy atom. The van der Waals surface area contributed by atoms with E-state index in [1.54, 1.807) is 0 Å². The second kappa shape index (κ2) is 12.3. The van der Waals surface area contributed by atoms with Crippen molar-refractivity contribution in [2.45, 2.75) is 62.1 Å². The Morgan fingerprint density at radius 1 is 1.05 bits per heavy atom. The summed E-state index contributed by atoms with van der Waals surface area (Å²) in [6, 6.07) is -0.766. The van der Waals surface area contributed by atoms with Gasteiger partial charge < -0.3 is 50.1 Å². The number of phosphoric acid groups is 2. The van der Waals surface area contributed by atoms with E-state index in [0.29, 0.717) is 0 Å². The molecular weight excluding hydrogens is 580 g/mol. The number of aromatic nitrogens is 2. The summed E-state index contributed by atoms with van der Waals surface area (Å²) in [5, 5.41) is 51.9. The van der Waals surface area contributed by atoms with Crippen LogP contribution in [0.2, 0.25) is 0 Å². The summed E-state index contributed by atoms with van der Waals surface area (Å²) in [6.07, 6.45) is -13.0. The van der Waals surface area contributed by atoms with Gasteiger partial charge in [-0.2, -0.15) is 4.31 Å². The van der Waals surface area contributed by atoms with Crippen LogP contribution in [0.3, 0.4) is 0 Å². The zero-order valence-corrected chi connectivity index (χ0v) is 21.6. The van der Waals surface area contributed by atoms with Gasteiger partial charge >= 0.3 is 21.3 Å². The van der Waals surface area contributed by atoms with Crippen LogP contribution < -0.4 is 16.6 Å². The molecule has 0 radical (unpaired) electrons. The van der Waals surface area contributed by atoms with Gasteiger partial charge in [0.25, 0.3) is 5.56 Å². The number of nitrogens with one attached hydrogen (secondary N) is 2. The van der Waals surface area contributed by atoms with Gasteiger partial charge in [-0.05, 0) is 0 Å². The van der Waals surface area contributed by atoms with Crippen molar-refractivity contribution in [3.63, 3.8) is 0 Å². The number of aromatic amines is 1. The van der Waals surface area contributed by atoms with Crippen molar-refractivity contribution in [3.8, 4) is 0 Å². The van der Waals surface area contributed by atoms with Crippen LogP contribution in [0.25, 0.3) is 0 Å². The first-order valence-electron chi connectivity index (χ1n) is 11.0. The van der Waals surface area contributed by atoms with Gasteiger partial charge in [0.2, 0.25) is 5.91 Å². The minimum Gasteiger partial charge on any atom is -0.394 e. The van der Waals surface area contributed by atoms with Gasteiger partial charge in [-0.3, -0.25) is 28.2 Å². The van der Waals surface area contributed by atoms with Crippen molar-refractivity contribution in [1.29, 1.82) is 0 Å². The molecule has 1 aromatic heterocycles. The van der Waals surface area contributed by atoms with Gasteiger partial charge in [0.15, 0.2) is 12.5 Å². The minimum atomic E-state index is -5.63. The Kier molecular flexibility index (Phi) is 10.0. The molecule has 20 nitrogen and oxygen atoms in total. The van der Waals surface area contributed by atoms with E-state index >= 15 is 0 Å². The lowest BCUT2D eigenvalue weighted by Gasteiger charge is -2.42. The summed E-state index contributed by atoms with van der Waals surface area (Å²) in [4.78, 5) is 56.4. The molecule has 1 amide bonds. The number of ether oxygens (including phenoxy) is 2. The molecular formula is C17H27N3O17P2. The molecule has 9 N–H and O–H groups in total. The minimum absolute atomic E-state index is 0.723. The van der Waals surface area contributed by atoms with Crippen LogP contribution in [0.15, 0.2) is 21.9 Å². The summed E-state index contributed by atoms with van der Waals surface area (Å²) in [6.45, 7) is -0.940. The van der Waals surface area contributed by atoms with Crippen molar-refractivity contribution in [3.05, 3.63) is 33.1 Å². The van der Waals surface area contributed by atoms with Crippen LogP contribution in [-0.2, 0) is 36.8 Å². The number of carbonyl (C=O) groups excluding carboxylic acids is 1. The number of hydrogen-bond donors (Lipinski definition) is 9. The van der Waals surface area contributed by atoms with E-state index in [0.717, 1.165) is 23.8 Å². The summed E-state index contributed by atoms with van der Waals surface area (Å²) in [7, 11) is -11.1. The highest BCUT2D eigenvalue weighted by molar-refractivity contribution is 7.61. The molecule has 0 bridgehead atoms.